The van der Waals surface area contributed by atoms with Crippen LogP contribution in [0, 0.1) is 0 Å². The van der Waals surface area contributed by atoms with Crippen LogP contribution in [0.3, 0.4) is 0 Å². The summed E-state index contributed by atoms with van der Waals surface area (Å²) in [5, 5.41) is 4.79. The maximum absolute atomic E-state index is 5.49. The fourth-order valence-electron chi connectivity index (χ4n) is 7.59. The molecule has 7 aromatic rings. The maximum Gasteiger partial charge on any atom is 0.0769 e. The van der Waals surface area contributed by atoms with Crippen molar-refractivity contribution < 1.29 is 0 Å². The summed E-state index contributed by atoms with van der Waals surface area (Å²) in [5.41, 5.74) is 14.3. The van der Waals surface area contributed by atoms with Gasteiger partial charge in [0.15, 0.2) is 0 Å². The zero-order valence-corrected chi connectivity index (χ0v) is 26.6. The number of hydrogen-bond acceptors (Lipinski definition) is 2. The highest BCUT2D eigenvalue weighted by Gasteiger charge is 2.22. The molecule has 0 fully saturated rings. The number of aryl methyl sites for hydroxylation is 1. The number of nitrogens with one attached hydrogen (secondary N) is 2. The van der Waals surface area contributed by atoms with E-state index in [-0.39, 0.29) is 0 Å². The highest BCUT2D eigenvalue weighted by Crippen LogP contribution is 2.42. The lowest BCUT2D eigenvalue weighted by atomic mass is 9.97. The zero-order chi connectivity index (χ0) is 31.3. The fourth-order valence-corrected chi connectivity index (χ4v) is 7.59. The predicted octanol–water partition coefficient (Wildman–Crippen LogP) is 11.8. The molecule has 5 heterocycles. The molecule has 0 spiro atoms. The Balaban J connectivity index is 1.45. The van der Waals surface area contributed by atoms with E-state index < -0.39 is 0 Å². The van der Waals surface area contributed by atoms with E-state index in [1.54, 1.807) is 0 Å². The third-order valence-corrected chi connectivity index (χ3v) is 9.89. The molecule has 2 aliphatic heterocycles. The van der Waals surface area contributed by atoms with Gasteiger partial charge in [-0.25, -0.2) is 9.97 Å². The molecule has 4 aromatic carbocycles. The van der Waals surface area contributed by atoms with E-state index in [0.717, 1.165) is 63.3 Å². The van der Waals surface area contributed by atoms with E-state index in [1.165, 1.54) is 69.4 Å². The standard InChI is InChI=1S/C43H36N4/c1-2-3-4-5-6-23-35-42-33-21-13-11-19-31(33)40(46-42)25-38-29-17-9-7-15-27(29)36(44-38)24-37-28-16-8-10-18-30(28)39(45-37)26-41-32-20-12-14-22-34(32)43(35)47-41/h7-22,24-26,44,47H,2-6,23H2,1H3. The number of H-pyrrole nitrogens is 2. The van der Waals surface area contributed by atoms with Crippen LogP contribution < -0.4 is 0 Å². The van der Waals surface area contributed by atoms with Crippen LogP contribution in [0.2, 0.25) is 0 Å². The van der Waals surface area contributed by atoms with Crippen LogP contribution in [0.5, 0.6) is 0 Å². The first kappa shape index (κ1) is 27.8. The van der Waals surface area contributed by atoms with Crippen LogP contribution in [-0.4, -0.2) is 19.9 Å². The molecular weight excluding hydrogens is 573 g/mol. The smallest absolute Gasteiger partial charge is 0.0769 e. The highest BCUT2D eigenvalue weighted by atomic mass is 14.8. The molecule has 2 aliphatic rings. The van der Waals surface area contributed by atoms with Gasteiger partial charge in [-0.3, -0.25) is 0 Å². The van der Waals surface area contributed by atoms with Crippen LogP contribution >= 0.6 is 0 Å². The lowest BCUT2D eigenvalue weighted by Crippen LogP contribution is -1.92. The third-order valence-electron chi connectivity index (χ3n) is 9.89. The molecule has 0 atom stereocenters. The van der Waals surface area contributed by atoms with E-state index in [1.807, 2.05) is 0 Å². The summed E-state index contributed by atoms with van der Waals surface area (Å²) >= 11 is 0. The average Bonchev–Trinajstić information content (AvgIpc) is 3.86. The van der Waals surface area contributed by atoms with Gasteiger partial charge in [-0.05, 0) is 31.0 Å². The van der Waals surface area contributed by atoms with Gasteiger partial charge in [0.05, 0.1) is 28.3 Å². The second-order valence-corrected chi connectivity index (χ2v) is 12.9. The summed E-state index contributed by atoms with van der Waals surface area (Å²) in [6, 6.07) is 41.4. The fraction of sp³-hybridized carbons (Fsp3) is 0.163. The summed E-state index contributed by atoms with van der Waals surface area (Å²) in [7, 11) is 0. The van der Waals surface area contributed by atoms with Crippen LogP contribution in [0.15, 0.2) is 115 Å². The molecule has 0 amide bonds. The predicted molar refractivity (Wildman–Crippen MR) is 197 cm³/mol. The van der Waals surface area contributed by atoms with Crippen LogP contribution in [0.4, 0.5) is 0 Å². The monoisotopic (exact) mass is 608 g/mol. The molecule has 3 aromatic heterocycles. The minimum atomic E-state index is 0.959. The van der Waals surface area contributed by atoms with Crippen molar-refractivity contribution in [3.63, 3.8) is 0 Å². The Bertz CT molecular complexity index is 2500. The van der Waals surface area contributed by atoms with Gasteiger partial charge in [0, 0.05) is 65.9 Å². The van der Waals surface area contributed by atoms with Crippen LogP contribution in [0.1, 0.15) is 44.6 Å². The topological polar surface area (TPSA) is 57.4 Å². The maximum atomic E-state index is 5.49. The molecule has 4 heteroatoms. The van der Waals surface area contributed by atoms with Crippen molar-refractivity contribution >= 4 is 43.6 Å². The molecule has 2 N–H and O–H groups in total. The number of aromatic amines is 2. The molecule has 0 aliphatic carbocycles. The number of benzene rings is 4. The minimum Gasteiger partial charge on any atom is -0.354 e. The second kappa shape index (κ2) is 11.4. The Morgan fingerprint density at radius 1 is 0.468 bits per heavy atom. The first-order chi connectivity index (χ1) is 23.3. The van der Waals surface area contributed by atoms with Gasteiger partial charge < -0.3 is 9.97 Å². The number of hydrogen-bond donors (Lipinski definition) is 2. The molecule has 0 saturated heterocycles. The van der Waals surface area contributed by atoms with E-state index in [2.05, 4.69) is 132 Å². The number of nitrogens with zero attached hydrogens (tertiary/aromatic N) is 2. The molecule has 47 heavy (non-hydrogen) atoms. The van der Waals surface area contributed by atoms with Gasteiger partial charge in [-0.1, -0.05) is 130 Å². The van der Waals surface area contributed by atoms with Crippen molar-refractivity contribution in [1.29, 1.82) is 0 Å². The lowest BCUT2D eigenvalue weighted by molar-refractivity contribution is 0.633. The number of rotatable bonds is 6. The van der Waals surface area contributed by atoms with Crippen molar-refractivity contribution in [3.05, 3.63) is 121 Å². The summed E-state index contributed by atoms with van der Waals surface area (Å²) in [4.78, 5) is 18.5. The Hall–Kier alpha value is -5.48. The molecule has 228 valence electrons. The van der Waals surface area contributed by atoms with E-state index in [9.17, 15) is 0 Å². The molecular formula is C43H36N4. The van der Waals surface area contributed by atoms with Crippen LogP contribution in [0.25, 0.3) is 88.6 Å². The summed E-state index contributed by atoms with van der Waals surface area (Å²) < 4.78 is 0. The van der Waals surface area contributed by atoms with Gasteiger partial charge in [0.25, 0.3) is 0 Å². The molecule has 0 radical (unpaired) electrons. The lowest BCUT2D eigenvalue weighted by Gasteiger charge is -2.07. The number of unbranched alkanes of at least 4 members (excludes halogenated alkanes) is 4. The largest absolute Gasteiger partial charge is 0.354 e. The molecule has 0 unspecified atom stereocenters. The first-order valence-electron chi connectivity index (χ1n) is 17.0. The van der Waals surface area contributed by atoms with Crippen LogP contribution in [-0.2, 0) is 6.42 Å². The molecule has 0 saturated carbocycles. The Kier molecular flexibility index (Phi) is 6.74. The minimum absolute atomic E-state index is 0.959. The van der Waals surface area contributed by atoms with Gasteiger partial charge in [0.2, 0.25) is 0 Å². The zero-order valence-electron chi connectivity index (χ0n) is 26.6. The second-order valence-electron chi connectivity index (χ2n) is 12.9. The Labute approximate surface area is 274 Å². The highest BCUT2D eigenvalue weighted by molar-refractivity contribution is 6.11. The van der Waals surface area contributed by atoms with Gasteiger partial charge >= 0.3 is 0 Å². The van der Waals surface area contributed by atoms with Crippen molar-refractivity contribution in [2.75, 3.05) is 0 Å². The molecule has 4 nitrogen and oxygen atoms in total. The third kappa shape index (κ3) is 4.67. The quantitative estimate of drug-likeness (QED) is 0.185. The van der Waals surface area contributed by atoms with E-state index in [4.69, 9.17) is 9.97 Å². The van der Waals surface area contributed by atoms with Crippen molar-refractivity contribution in [3.8, 4) is 45.0 Å². The number of aromatic nitrogens is 4. The Morgan fingerprint density at radius 2 is 0.936 bits per heavy atom. The molecule has 9 rings (SSSR count). The number of fused-ring (bicyclic) bond motifs is 20. The van der Waals surface area contributed by atoms with Crippen molar-refractivity contribution in [2.45, 2.75) is 45.4 Å². The summed E-state index contributed by atoms with van der Waals surface area (Å²) in [6.45, 7) is 2.28. The average molecular weight is 609 g/mol. The summed E-state index contributed by atoms with van der Waals surface area (Å²) in [5.74, 6) is 0. The molecule has 8 bridgehead atoms. The van der Waals surface area contributed by atoms with E-state index in [0.29, 0.717) is 0 Å². The van der Waals surface area contributed by atoms with Gasteiger partial charge in [-0.2, -0.15) is 0 Å². The van der Waals surface area contributed by atoms with Crippen molar-refractivity contribution in [1.82, 2.24) is 19.9 Å². The van der Waals surface area contributed by atoms with Crippen molar-refractivity contribution in [2.24, 2.45) is 0 Å². The van der Waals surface area contributed by atoms with Gasteiger partial charge in [0.1, 0.15) is 0 Å². The first-order valence-corrected chi connectivity index (χ1v) is 17.0. The Morgan fingerprint density at radius 3 is 1.55 bits per heavy atom. The van der Waals surface area contributed by atoms with E-state index >= 15 is 0 Å². The normalized spacial score (nSPS) is 12.0. The SMILES string of the molecule is CCCCCCCc1c2nc(cc3[nH]c(cc4nc(cc5[nH]c1c1ccccc51)-c1ccccc1-4)c1ccccc31)-c1ccccc1-2. The summed E-state index contributed by atoms with van der Waals surface area (Å²) in [6.07, 6.45) is 7.08. The van der Waals surface area contributed by atoms with Gasteiger partial charge in [-0.15, -0.1) is 0 Å².